The molecule has 33 heavy (non-hydrogen) atoms. The van der Waals surface area contributed by atoms with Gasteiger partial charge in [0.1, 0.15) is 11.4 Å². The van der Waals surface area contributed by atoms with Crippen molar-refractivity contribution in [1.82, 2.24) is 24.3 Å². The molecule has 0 spiro atoms. The van der Waals surface area contributed by atoms with E-state index in [1.165, 1.54) is 0 Å². The summed E-state index contributed by atoms with van der Waals surface area (Å²) in [6.07, 6.45) is 5.55. The molecule has 0 unspecified atom stereocenters. The van der Waals surface area contributed by atoms with Crippen molar-refractivity contribution >= 4 is 28.5 Å². The number of hydrogen-bond donors (Lipinski definition) is 2. The molecule has 0 aliphatic heterocycles. The van der Waals surface area contributed by atoms with E-state index in [4.69, 9.17) is 10.5 Å². The van der Waals surface area contributed by atoms with Crippen molar-refractivity contribution in [2.75, 3.05) is 57.3 Å². The van der Waals surface area contributed by atoms with Crippen LogP contribution in [0, 0.1) is 6.92 Å². The second-order valence-corrected chi connectivity index (χ2v) is 8.25. The van der Waals surface area contributed by atoms with Crippen LogP contribution in [0.1, 0.15) is 5.56 Å². The molecule has 4 rings (SSSR count). The molecule has 0 radical (unpaired) electrons. The highest BCUT2D eigenvalue weighted by molar-refractivity contribution is 5.79. The highest BCUT2D eigenvalue weighted by Crippen LogP contribution is 2.36. The normalized spacial score (nSPS) is 11.2. The molecule has 3 aromatic heterocycles. The maximum Gasteiger partial charge on any atom is 0.227 e. The predicted octanol–water partition coefficient (Wildman–Crippen LogP) is 3.43. The third-order valence-corrected chi connectivity index (χ3v) is 5.56. The van der Waals surface area contributed by atoms with Gasteiger partial charge in [-0.1, -0.05) is 6.07 Å². The molecule has 0 aliphatic carbocycles. The molecule has 172 valence electrons. The zero-order chi connectivity index (χ0) is 23.5. The molecule has 1 aromatic carbocycles. The topological polar surface area (TPSA) is 96.8 Å². The van der Waals surface area contributed by atoms with Gasteiger partial charge in [-0.05, 0) is 44.8 Å². The van der Waals surface area contributed by atoms with E-state index < -0.39 is 0 Å². The monoisotopic (exact) mass is 446 g/mol. The number of nitrogens with two attached hydrogens (primary N) is 1. The number of nitrogen functional groups attached to an aromatic ring is 1. The Morgan fingerprint density at radius 2 is 1.94 bits per heavy atom. The lowest BCUT2D eigenvalue weighted by molar-refractivity contribution is 0.413. The number of imidazole rings is 1. The maximum absolute atomic E-state index is 6.38. The first-order valence-corrected chi connectivity index (χ1v) is 10.7. The van der Waals surface area contributed by atoms with Gasteiger partial charge in [-0.15, -0.1) is 0 Å². The van der Waals surface area contributed by atoms with E-state index in [1.54, 1.807) is 13.3 Å². The molecule has 9 heteroatoms. The van der Waals surface area contributed by atoms with Crippen LogP contribution in [0.3, 0.4) is 0 Å². The minimum absolute atomic E-state index is 0.434. The number of pyridine rings is 1. The Morgan fingerprint density at radius 1 is 1.12 bits per heavy atom. The van der Waals surface area contributed by atoms with Crippen molar-refractivity contribution < 1.29 is 4.74 Å². The van der Waals surface area contributed by atoms with E-state index in [1.807, 2.05) is 62.2 Å². The van der Waals surface area contributed by atoms with Crippen LogP contribution in [-0.2, 0) is 0 Å². The number of methoxy groups -OCH3 is 1. The Labute approximate surface area is 193 Å². The molecule has 0 amide bonds. The summed E-state index contributed by atoms with van der Waals surface area (Å²) in [6, 6.07) is 9.69. The van der Waals surface area contributed by atoms with Crippen molar-refractivity contribution in [1.29, 1.82) is 0 Å². The van der Waals surface area contributed by atoms with Crippen LogP contribution in [0.15, 0.2) is 48.9 Å². The van der Waals surface area contributed by atoms with Crippen LogP contribution >= 0.6 is 0 Å². The number of aryl methyl sites for hydroxylation is 1. The number of nitrogens with one attached hydrogen (secondary N) is 1. The molecule has 0 aliphatic rings. The van der Waals surface area contributed by atoms with Gasteiger partial charge in [-0.2, -0.15) is 0 Å². The van der Waals surface area contributed by atoms with Crippen LogP contribution in [0.4, 0.5) is 23.0 Å². The van der Waals surface area contributed by atoms with Crippen LogP contribution in [0.25, 0.3) is 17.0 Å². The van der Waals surface area contributed by atoms with Gasteiger partial charge >= 0.3 is 0 Å². The summed E-state index contributed by atoms with van der Waals surface area (Å²) in [6.45, 7) is 3.82. The number of likely N-dealkylation sites (N-methyl/N-ethyl adjacent to an activating group) is 2. The lowest BCUT2D eigenvalue weighted by Crippen LogP contribution is -2.29. The van der Waals surface area contributed by atoms with Gasteiger partial charge < -0.3 is 25.6 Å². The first-order valence-electron chi connectivity index (χ1n) is 10.7. The quantitative estimate of drug-likeness (QED) is 0.398. The van der Waals surface area contributed by atoms with Crippen molar-refractivity contribution in [3.63, 3.8) is 0 Å². The van der Waals surface area contributed by atoms with Crippen molar-refractivity contribution in [2.45, 2.75) is 6.92 Å². The SMILES string of the molecule is COc1cc(N(C)CCN(C)C)c(N)cc1Nc1nccc(-c2ncc3c(C)cccn23)n1. The van der Waals surface area contributed by atoms with E-state index >= 15 is 0 Å². The lowest BCUT2D eigenvalue weighted by atomic mass is 10.2. The molecule has 9 nitrogen and oxygen atoms in total. The number of benzene rings is 1. The summed E-state index contributed by atoms with van der Waals surface area (Å²) >= 11 is 0. The Balaban J connectivity index is 1.63. The largest absolute Gasteiger partial charge is 0.494 e. The van der Waals surface area contributed by atoms with Crippen molar-refractivity contribution in [3.05, 3.63) is 54.5 Å². The molecule has 0 fully saturated rings. The number of nitrogens with zero attached hydrogens (tertiary/aromatic N) is 6. The smallest absolute Gasteiger partial charge is 0.227 e. The van der Waals surface area contributed by atoms with Crippen molar-refractivity contribution in [2.24, 2.45) is 0 Å². The van der Waals surface area contributed by atoms with Crippen LogP contribution < -0.4 is 20.7 Å². The van der Waals surface area contributed by atoms with Crippen LogP contribution in [-0.4, -0.2) is 65.6 Å². The third-order valence-electron chi connectivity index (χ3n) is 5.56. The zero-order valence-electron chi connectivity index (χ0n) is 19.7. The van der Waals surface area contributed by atoms with Crippen LogP contribution in [0.5, 0.6) is 5.75 Å². The number of aromatic nitrogens is 4. The molecular weight excluding hydrogens is 416 g/mol. The lowest BCUT2D eigenvalue weighted by Gasteiger charge is -2.24. The zero-order valence-corrected chi connectivity index (χ0v) is 19.7. The Kier molecular flexibility index (Phi) is 6.32. The predicted molar refractivity (Wildman–Crippen MR) is 133 cm³/mol. The van der Waals surface area contributed by atoms with Crippen molar-refractivity contribution in [3.8, 4) is 17.3 Å². The van der Waals surface area contributed by atoms with E-state index in [0.29, 0.717) is 28.8 Å². The van der Waals surface area contributed by atoms with Gasteiger partial charge in [0.05, 0.1) is 35.9 Å². The fourth-order valence-electron chi connectivity index (χ4n) is 3.67. The minimum Gasteiger partial charge on any atom is -0.494 e. The van der Waals surface area contributed by atoms with Crippen LogP contribution in [0.2, 0.25) is 0 Å². The highest BCUT2D eigenvalue weighted by atomic mass is 16.5. The Hall–Kier alpha value is -3.85. The molecule has 0 saturated carbocycles. The van der Waals surface area contributed by atoms with Gasteiger partial charge in [0.15, 0.2) is 5.82 Å². The Morgan fingerprint density at radius 3 is 2.70 bits per heavy atom. The molecule has 3 heterocycles. The number of anilines is 4. The molecule has 3 N–H and O–H groups in total. The van der Waals surface area contributed by atoms with E-state index in [9.17, 15) is 0 Å². The molecule has 4 aromatic rings. The minimum atomic E-state index is 0.434. The summed E-state index contributed by atoms with van der Waals surface area (Å²) in [7, 11) is 7.75. The summed E-state index contributed by atoms with van der Waals surface area (Å²) in [5, 5.41) is 3.25. The summed E-state index contributed by atoms with van der Waals surface area (Å²) < 4.78 is 7.66. The number of fused-ring (bicyclic) bond motifs is 1. The average molecular weight is 447 g/mol. The second kappa shape index (κ2) is 9.33. The summed E-state index contributed by atoms with van der Waals surface area (Å²) in [5.41, 5.74) is 11.5. The highest BCUT2D eigenvalue weighted by Gasteiger charge is 2.15. The molecule has 0 atom stereocenters. The van der Waals surface area contributed by atoms with E-state index in [2.05, 4.69) is 43.1 Å². The fraction of sp³-hybridized carbons (Fsp3) is 0.292. The first kappa shape index (κ1) is 22.3. The van der Waals surface area contributed by atoms with Gasteiger partial charge in [0.2, 0.25) is 5.95 Å². The van der Waals surface area contributed by atoms with Gasteiger partial charge in [0.25, 0.3) is 0 Å². The maximum atomic E-state index is 6.38. The van der Waals surface area contributed by atoms with E-state index in [0.717, 1.165) is 35.7 Å². The summed E-state index contributed by atoms with van der Waals surface area (Å²) in [5.74, 6) is 1.85. The first-order chi connectivity index (χ1) is 15.9. The molecule has 0 saturated heterocycles. The number of hydrogen-bond acceptors (Lipinski definition) is 8. The average Bonchev–Trinajstić information content (AvgIpc) is 3.23. The second-order valence-electron chi connectivity index (χ2n) is 8.25. The van der Waals surface area contributed by atoms with Gasteiger partial charge in [-0.25, -0.2) is 15.0 Å². The molecule has 0 bridgehead atoms. The summed E-state index contributed by atoms with van der Waals surface area (Å²) in [4.78, 5) is 17.9. The standard InChI is InChI=1S/C24H30N8O/c1-16-7-6-10-32-21(16)15-27-23(32)18-8-9-26-24(28-18)29-19-13-17(25)20(14-22(19)33-5)31(4)12-11-30(2)3/h6-10,13-15H,11-12,25H2,1-5H3,(H,26,28,29). The van der Waals surface area contributed by atoms with Gasteiger partial charge in [-0.3, -0.25) is 4.40 Å². The van der Waals surface area contributed by atoms with E-state index in [-0.39, 0.29) is 0 Å². The number of ether oxygens (including phenoxy) is 1. The fourth-order valence-corrected chi connectivity index (χ4v) is 3.67. The Bertz CT molecular complexity index is 1270. The third kappa shape index (κ3) is 4.68. The van der Waals surface area contributed by atoms with Gasteiger partial charge in [0, 0.05) is 38.6 Å². The number of rotatable bonds is 8. The molecular formula is C24H30N8O.